The molecule has 1 unspecified atom stereocenters. The van der Waals surface area contributed by atoms with Crippen molar-refractivity contribution in [3.63, 3.8) is 0 Å². The van der Waals surface area contributed by atoms with Crippen LogP contribution >= 0.6 is 0 Å². The molecule has 1 atom stereocenters. The monoisotopic (exact) mass is 531 g/mol. The molecule has 0 saturated carbocycles. The van der Waals surface area contributed by atoms with E-state index in [4.69, 9.17) is 18.9 Å². The lowest BCUT2D eigenvalue weighted by atomic mass is 9.79. The van der Waals surface area contributed by atoms with Gasteiger partial charge < -0.3 is 23.1 Å². The Morgan fingerprint density at radius 1 is 1.06 bits per heavy atom. The molecule has 3 aliphatic heterocycles. The number of fused-ring (bicyclic) bond motifs is 3. The quantitative estimate of drug-likeness (QED) is 0.325. The molecule has 0 saturated heterocycles. The second-order valence-corrected chi connectivity index (χ2v) is 10.1. The lowest BCUT2D eigenvalue weighted by Crippen LogP contribution is -2.47. The highest BCUT2D eigenvalue weighted by molar-refractivity contribution is 7.87. The molecule has 0 radical (unpaired) electrons. The minimum atomic E-state index is -6.02. The lowest BCUT2D eigenvalue weighted by Gasteiger charge is -2.37. The van der Waals surface area contributed by atoms with Gasteiger partial charge in [-0.25, -0.2) is 9.59 Å². The van der Waals surface area contributed by atoms with Crippen LogP contribution in [0.5, 0.6) is 11.5 Å². The van der Waals surface area contributed by atoms with Crippen molar-refractivity contribution < 1.29 is 54.3 Å². The topological polar surface area (TPSA) is 118 Å². The number of alkyl halides is 3. The van der Waals surface area contributed by atoms with Gasteiger partial charge in [0.2, 0.25) is 6.79 Å². The zero-order valence-corrected chi connectivity index (χ0v) is 19.9. The van der Waals surface area contributed by atoms with Crippen molar-refractivity contribution in [2.75, 3.05) is 34.1 Å². The second kappa shape index (κ2) is 8.13. The van der Waals surface area contributed by atoms with Crippen LogP contribution < -0.4 is 9.47 Å². The summed E-state index contributed by atoms with van der Waals surface area (Å²) in [5.41, 5.74) is -6.33. The van der Waals surface area contributed by atoms with Gasteiger partial charge in [0, 0.05) is 25.1 Å². The van der Waals surface area contributed by atoms with Gasteiger partial charge >= 0.3 is 27.6 Å². The largest absolute Gasteiger partial charge is 0.534 e. The zero-order valence-electron chi connectivity index (χ0n) is 19.1. The molecule has 0 bridgehead atoms. The van der Waals surface area contributed by atoms with Crippen molar-refractivity contribution in [1.82, 2.24) is 4.90 Å². The number of methoxy groups -OCH3 is 2. The number of halogens is 3. The fraction of sp³-hybridized carbons (Fsp3) is 0.455. The first-order valence-electron chi connectivity index (χ1n) is 10.8. The molecule has 36 heavy (non-hydrogen) atoms. The van der Waals surface area contributed by atoms with E-state index in [1.54, 1.807) is 11.0 Å². The Morgan fingerprint density at radius 3 is 2.36 bits per heavy atom. The van der Waals surface area contributed by atoms with Crippen LogP contribution in [0.15, 0.2) is 29.0 Å². The molecule has 14 heteroatoms. The van der Waals surface area contributed by atoms with Crippen molar-refractivity contribution in [2.45, 2.75) is 30.3 Å². The molecule has 3 heterocycles. The first kappa shape index (κ1) is 24.4. The summed E-state index contributed by atoms with van der Waals surface area (Å²) in [6.07, 6.45) is 0.0489. The van der Waals surface area contributed by atoms with E-state index in [-0.39, 0.29) is 49.4 Å². The Bertz CT molecular complexity index is 1350. The standard InChI is InChI=1S/C22H20F3NO9S/c1-31-19(27)13-9-26-6-4-11-7-15-16(34-10-33-15)8-12(11)17-14(35-36(29,30)22(23,24)25)3-5-21(17,26)18(13)20(28)32-2/h7-8H,3-6,9-10H2,1-2H3. The summed E-state index contributed by atoms with van der Waals surface area (Å²) in [5, 5.41) is 0. The molecule has 0 amide bonds. The molecule has 1 aliphatic carbocycles. The smallest absolute Gasteiger partial charge is 0.466 e. The number of ether oxygens (including phenoxy) is 4. The Kier molecular flexibility index (Phi) is 5.52. The molecular weight excluding hydrogens is 511 g/mol. The summed E-state index contributed by atoms with van der Waals surface area (Å²) in [7, 11) is -3.78. The van der Waals surface area contributed by atoms with Crippen molar-refractivity contribution in [2.24, 2.45) is 0 Å². The van der Waals surface area contributed by atoms with Crippen LogP contribution in [0.4, 0.5) is 13.2 Å². The van der Waals surface area contributed by atoms with Gasteiger partial charge in [-0.3, -0.25) is 4.90 Å². The van der Waals surface area contributed by atoms with E-state index in [0.29, 0.717) is 29.0 Å². The van der Waals surface area contributed by atoms with Crippen LogP contribution in [0.3, 0.4) is 0 Å². The SMILES string of the molecule is COC(=O)C1=C(C(=O)OC)C23CCC(OS(=O)(=O)C(F)(F)F)=C2c2cc4c(cc2CCN3C1)OCO4. The number of carbonyl (C=O) groups excluding carboxylic acids is 2. The van der Waals surface area contributed by atoms with Crippen molar-refractivity contribution in [3.8, 4) is 11.5 Å². The molecule has 0 fully saturated rings. The Labute approximate surface area is 203 Å². The third-order valence-corrected chi connectivity index (χ3v) is 7.83. The average Bonchev–Trinajstić information content (AvgIpc) is 3.49. The molecule has 194 valence electrons. The fourth-order valence-corrected chi connectivity index (χ4v) is 5.95. The van der Waals surface area contributed by atoms with Crippen LogP contribution in [-0.4, -0.2) is 70.4 Å². The predicted octanol–water partition coefficient (Wildman–Crippen LogP) is 2.04. The molecule has 1 aromatic carbocycles. The number of hydrogen-bond donors (Lipinski definition) is 0. The van der Waals surface area contributed by atoms with Crippen LogP contribution in [0.25, 0.3) is 5.57 Å². The van der Waals surface area contributed by atoms with Crippen molar-refractivity contribution in [3.05, 3.63) is 40.2 Å². The predicted molar refractivity (Wildman–Crippen MR) is 114 cm³/mol. The number of carbonyl (C=O) groups is 2. The maximum Gasteiger partial charge on any atom is 0.534 e. The molecule has 1 spiro atoms. The normalized spacial score (nSPS) is 23.1. The number of allylic oxidation sites excluding steroid dienone is 1. The number of rotatable bonds is 4. The Hall–Kier alpha value is -3.26. The third-order valence-electron chi connectivity index (χ3n) is 6.84. The summed E-state index contributed by atoms with van der Waals surface area (Å²) < 4.78 is 89.3. The summed E-state index contributed by atoms with van der Waals surface area (Å²) in [4.78, 5) is 27.5. The fourth-order valence-electron chi connectivity index (χ4n) is 5.42. The zero-order chi connectivity index (χ0) is 26.0. The van der Waals surface area contributed by atoms with Gasteiger partial charge in [0.15, 0.2) is 11.5 Å². The maximum absolute atomic E-state index is 13.3. The lowest BCUT2D eigenvalue weighted by molar-refractivity contribution is -0.139. The molecule has 4 aliphatic rings. The highest BCUT2D eigenvalue weighted by Gasteiger charge is 2.60. The van der Waals surface area contributed by atoms with Crippen LogP contribution in [0, 0.1) is 0 Å². The van der Waals surface area contributed by atoms with E-state index in [0.717, 1.165) is 14.2 Å². The van der Waals surface area contributed by atoms with E-state index in [1.807, 2.05) is 0 Å². The van der Waals surface area contributed by atoms with Gasteiger partial charge in [-0.15, -0.1) is 0 Å². The van der Waals surface area contributed by atoms with Gasteiger partial charge in [-0.05, 0) is 36.1 Å². The molecule has 1 aromatic rings. The Balaban J connectivity index is 1.82. The third kappa shape index (κ3) is 3.38. The van der Waals surface area contributed by atoms with Crippen LogP contribution in [-0.2, 0) is 39.8 Å². The molecule has 0 N–H and O–H groups in total. The molecule has 10 nitrogen and oxygen atoms in total. The summed E-state index contributed by atoms with van der Waals surface area (Å²) >= 11 is 0. The van der Waals surface area contributed by atoms with E-state index >= 15 is 0 Å². The molecular formula is C22H20F3NO9S. The highest BCUT2D eigenvalue weighted by Crippen LogP contribution is 2.57. The summed E-state index contributed by atoms with van der Waals surface area (Å²) in [6, 6.07) is 3.19. The maximum atomic E-state index is 13.3. The van der Waals surface area contributed by atoms with Gasteiger partial charge in [0.05, 0.1) is 30.9 Å². The summed E-state index contributed by atoms with van der Waals surface area (Å²) in [5.74, 6) is -1.45. The van der Waals surface area contributed by atoms with Gasteiger partial charge in [-0.1, -0.05) is 0 Å². The molecule has 0 aromatic heterocycles. The number of esters is 2. The minimum Gasteiger partial charge on any atom is -0.466 e. The van der Waals surface area contributed by atoms with E-state index in [1.165, 1.54) is 6.07 Å². The minimum absolute atomic E-state index is 0.0222. The van der Waals surface area contributed by atoms with Crippen LogP contribution in [0.1, 0.15) is 24.0 Å². The molecule has 5 rings (SSSR count). The highest BCUT2D eigenvalue weighted by atomic mass is 32.2. The number of hydrogen-bond acceptors (Lipinski definition) is 10. The summed E-state index contributed by atoms with van der Waals surface area (Å²) in [6.45, 7) is 0.136. The van der Waals surface area contributed by atoms with E-state index in [9.17, 15) is 31.2 Å². The van der Waals surface area contributed by atoms with Crippen molar-refractivity contribution >= 4 is 27.6 Å². The van der Waals surface area contributed by atoms with Gasteiger partial charge in [0.1, 0.15) is 5.76 Å². The van der Waals surface area contributed by atoms with Crippen LogP contribution in [0.2, 0.25) is 0 Å². The Morgan fingerprint density at radius 2 is 1.72 bits per heavy atom. The van der Waals surface area contributed by atoms with Gasteiger partial charge in [-0.2, -0.15) is 21.6 Å². The number of benzene rings is 1. The first-order chi connectivity index (χ1) is 16.9. The second-order valence-electron chi connectivity index (χ2n) is 8.51. The average molecular weight is 531 g/mol. The van der Waals surface area contributed by atoms with Gasteiger partial charge in [0.25, 0.3) is 0 Å². The van der Waals surface area contributed by atoms with E-state index < -0.39 is 38.9 Å². The van der Waals surface area contributed by atoms with E-state index in [2.05, 4.69) is 4.18 Å². The van der Waals surface area contributed by atoms with Crippen molar-refractivity contribution in [1.29, 1.82) is 0 Å². The number of nitrogens with zero attached hydrogens (tertiary/aromatic N) is 1. The first-order valence-corrected chi connectivity index (χ1v) is 12.2.